The molecule has 1 aliphatic heterocycles. The number of hydrogen-bond donors (Lipinski definition) is 1. The fourth-order valence-corrected chi connectivity index (χ4v) is 3.19. The molecule has 0 spiro atoms. The monoisotopic (exact) mass is 359 g/mol. The number of rotatable bonds is 4. The standard InChI is InChI=1S/C20H22FNO4/c1-20(24)13-22(11-10-18(20)26-15-6-4-3-5-7-15)19(23)16-12-14(21)8-9-17(16)25-2/h3-9,12,18,24H,10-11,13H2,1-2H3/t18-,20-/m0/s1. The van der Waals surface area contributed by atoms with Crippen LogP contribution in [0.25, 0.3) is 0 Å². The van der Waals surface area contributed by atoms with Crippen molar-refractivity contribution >= 4 is 5.91 Å². The summed E-state index contributed by atoms with van der Waals surface area (Å²) < 4.78 is 24.6. The summed E-state index contributed by atoms with van der Waals surface area (Å²) in [5.41, 5.74) is -1.09. The molecule has 1 N–H and O–H groups in total. The summed E-state index contributed by atoms with van der Waals surface area (Å²) in [6.45, 7) is 2.12. The minimum absolute atomic E-state index is 0.0863. The van der Waals surface area contributed by atoms with Gasteiger partial charge in [0.05, 0.1) is 19.2 Å². The van der Waals surface area contributed by atoms with Gasteiger partial charge in [-0.3, -0.25) is 4.79 Å². The van der Waals surface area contributed by atoms with Gasteiger partial charge in [0.2, 0.25) is 0 Å². The molecule has 2 atom stereocenters. The van der Waals surface area contributed by atoms with Crippen LogP contribution in [0.2, 0.25) is 0 Å². The molecule has 2 aromatic rings. The van der Waals surface area contributed by atoms with Gasteiger partial charge in [0.15, 0.2) is 0 Å². The van der Waals surface area contributed by atoms with Crippen LogP contribution in [0.4, 0.5) is 4.39 Å². The summed E-state index contributed by atoms with van der Waals surface area (Å²) in [6.07, 6.45) is 0.0222. The van der Waals surface area contributed by atoms with Gasteiger partial charge in [-0.05, 0) is 37.3 Å². The maximum atomic E-state index is 13.6. The molecule has 3 rings (SSSR count). The molecule has 6 heteroatoms. The molecule has 1 saturated heterocycles. The van der Waals surface area contributed by atoms with Crippen LogP contribution in [0.1, 0.15) is 23.7 Å². The number of carbonyl (C=O) groups is 1. The summed E-state index contributed by atoms with van der Waals surface area (Å²) in [6, 6.07) is 13.1. The van der Waals surface area contributed by atoms with Gasteiger partial charge < -0.3 is 19.5 Å². The Labute approximate surface area is 152 Å². The van der Waals surface area contributed by atoms with Crippen LogP contribution in [-0.2, 0) is 0 Å². The van der Waals surface area contributed by atoms with E-state index in [1.807, 2.05) is 30.3 Å². The lowest BCUT2D eigenvalue weighted by Crippen LogP contribution is -2.58. The van der Waals surface area contributed by atoms with Crippen LogP contribution in [0.5, 0.6) is 11.5 Å². The zero-order chi connectivity index (χ0) is 18.7. The molecule has 0 bridgehead atoms. The number of carbonyl (C=O) groups excluding carboxylic acids is 1. The van der Waals surface area contributed by atoms with Crippen LogP contribution in [0.3, 0.4) is 0 Å². The number of β-amino-alcohol motifs (C(OH)–C–C–N with tert-alkyl or cyclic N) is 1. The van der Waals surface area contributed by atoms with Gasteiger partial charge >= 0.3 is 0 Å². The van der Waals surface area contributed by atoms with Gasteiger partial charge in [-0.2, -0.15) is 0 Å². The number of piperidine rings is 1. The second kappa shape index (κ2) is 7.33. The van der Waals surface area contributed by atoms with Crippen molar-refractivity contribution in [3.63, 3.8) is 0 Å². The zero-order valence-corrected chi connectivity index (χ0v) is 14.8. The lowest BCUT2D eigenvalue weighted by Gasteiger charge is -2.42. The quantitative estimate of drug-likeness (QED) is 0.912. The van der Waals surface area contributed by atoms with Gasteiger partial charge in [-0.15, -0.1) is 0 Å². The Balaban J connectivity index is 1.75. The molecule has 26 heavy (non-hydrogen) atoms. The Hall–Kier alpha value is -2.60. The molecule has 2 aromatic carbocycles. The normalized spacial score (nSPS) is 22.8. The van der Waals surface area contributed by atoms with E-state index in [1.54, 1.807) is 6.92 Å². The highest BCUT2D eigenvalue weighted by Crippen LogP contribution is 2.29. The maximum Gasteiger partial charge on any atom is 0.257 e. The third-order valence-electron chi connectivity index (χ3n) is 4.57. The van der Waals surface area contributed by atoms with E-state index in [1.165, 1.54) is 24.1 Å². The van der Waals surface area contributed by atoms with E-state index in [4.69, 9.17) is 9.47 Å². The van der Waals surface area contributed by atoms with Crippen LogP contribution in [-0.4, -0.2) is 47.8 Å². The third kappa shape index (κ3) is 3.80. The van der Waals surface area contributed by atoms with Crippen molar-refractivity contribution < 1.29 is 23.8 Å². The molecule has 1 amide bonds. The number of ether oxygens (including phenoxy) is 2. The smallest absolute Gasteiger partial charge is 0.257 e. The largest absolute Gasteiger partial charge is 0.496 e. The Bertz CT molecular complexity index is 779. The number of aliphatic hydroxyl groups is 1. The minimum atomic E-state index is -1.23. The van der Waals surface area contributed by atoms with Crippen molar-refractivity contribution in [2.75, 3.05) is 20.2 Å². The van der Waals surface area contributed by atoms with Crippen molar-refractivity contribution in [3.8, 4) is 11.5 Å². The predicted octanol–water partition coefficient (Wildman–Crippen LogP) is 2.88. The molecule has 1 fully saturated rings. The number of nitrogens with zero attached hydrogens (tertiary/aromatic N) is 1. The average molecular weight is 359 g/mol. The molecule has 0 unspecified atom stereocenters. The average Bonchev–Trinajstić information content (AvgIpc) is 2.63. The first-order valence-corrected chi connectivity index (χ1v) is 8.47. The van der Waals surface area contributed by atoms with Gasteiger partial charge in [0.1, 0.15) is 29.0 Å². The van der Waals surface area contributed by atoms with Crippen LogP contribution in [0, 0.1) is 5.82 Å². The number of halogens is 1. The lowest BCUT2D eigenvalue weighted by molar-refractivity contribution is -0.0899. The van der Waals surface area contributed by atoms with Gasteiger partial charge in [0, 0.05) is 13.0 Å². The zero-order valence-electron chi connectivity index (χ0n) is 14.8. The Kier molecular flexibility index (Phi) is 5.13. The highest BCUT2D eigenvalue weighted by atomic mass is 19.1. The summed E-state index contributed by atoms with van der Waals surface area (Å²) in [4.78, 5) is 14.3. The van der Waals surface area contributed by atoms with Gasteiger partial charge in [-0.1, -0.05) is 18.2 Å². The molecule has 1 heterocycles. The van der Waals surface area contributed by atoms with E-state index in [-0.39, 0.29) is 18.0 Å². The highest BCUT2D eigenvalue weighted by molar-refractivity contribution is 5.97. The Morgan fingerprint density at radius 2 is 2.00 bits per heavy atom. The van der Waals surface area contributed by atoms with Crippen molar-refractivity contribution in [2.24, 2.45) is 0 Å². The number of hydrogen-bond acceptors (Lipinski definition) is 4. The minimum Gasteiger partial charge on any atom is -0.496 e. The van der Waals surface area contributed by atoms with Crippen LogP contribution >= 0.6 is 0 Å². The van der Waals surface area contributed by atoms with Crippen molar-refractivity contribution in [2.45, 2.75) is 25.0 Å². The van der Waals surface area contributed by atoms with Crippen molar-refractivity contribution in [1.29, 1.82) is 0 Å². The Morgan fingerprint density at radius 3 is 2.65 bits per heavy atom. The second-order valence-corrected chi connectivity index (χ2v) is 6.64. The van der Waals surface area contributed by atoms with Crippen LogP contribution in [0.15, 0.2) is 48.5 Å². The number of para-hydroxylation sites is 1. The lowest BCUT2D eigenvalue weighted by atomic mass is 9.91. The molecule has 0 aliphatic carbocycles. The molecule has 0 radical (unpaired) electrons. The second-order valence-electron chi connectivity index (χ2n) is 6.64. The van der Waals surface area contributed by atoms with Crippen molar-refractivity contribution in [1.82, 2.24) is 4.90 Å². The fourth-order valence-electron chi connectivity index (χ4n) is 3.19. The molecule has 138 valence electrons. The third-order valence-corrected chi connectivity index (χ3v) is 4.57. The number of amides is 1. The SMILES string of the molecule is COc1ccc(F)cc1C(=O)N1CC[C@H](Oc2ccccc2)[C@@](C)(O)C1. The fraction of sp³-hybridized carbons (Fsp3) is 0.350. The first kappa shape index (κ1) is 18.2. The van der Waals surface area contributed by atoms with E-state index >= 15 is 0 Å². The van der Waals surface area contributed by atoms with Crippen LogP contribution < -0.4 is 9.47 Å². The highest BCUT2D eigenvalue weighted by Gasteiger charge is 2.41. The van der Waals surface area contributed by atoms with Gasteiger partial charge in [0.25, 0.3) is 5.91 Å². The maximum absolute atomic E-state index is 13.6. The predicted molar refractivity (Wildman–Crippen MR) is 95.0 cm³/mol. The summed E-state index contributed by atoms with van der Waals surface area (Å²) in [7, 11) is 1.43. The number of benzene rings is 2. The summed E-state index contributed by atoms with van der Waals surface area (Å²) in [5.74, 6) is 0.0889. The first-order chi connectivity index (χ1) is 12.4. The number of likely N-dealkylation sites (tertiary alicyclic amines) is 1. The molecule has 5 nitrogen and oxygen atoms in total. The molecule has 0 aromatic heterocycles. The van der Waals surface area contributed by atoms with E-state index in [9.17, 15) is 14.3 Å². The Morgan fingerprint density at radius 1 is 1.27 bits per heavy atom. The van der Waals surface area contributed by atoms with Crippen molar-refractivity contribution in [3.05, 3.63) is 59.9 Å². The first-order valence-electron chi connectivity index (χ1n) is 8.47. The van der Waals surface area contributed by atoms with E-state index in [0.717, 1.165) is 6.07 Å². The van der Waals surface area contributed by atoms with E-state index < -0.39 is 17.5 Å². The molecule has 1 aliphatic rings. The molecular weight excluding hydrogens is 337 g/mol. The van der Waals surface area contributed by atoms with E-state index in [2.05, 4.69) is 0 Å². The topological polar surface area (TPSA) is 59.0 Å². The molecule has 0 saturated carbocycles. The number of methoxy groups -OCH3 is 1. The van der Waals surface area contributed by atoms with E-state index in [0.29, 0.717) is 24.5 Å². The summed E-state index contributed by atoms with van der Waals surface area (Å²) in [5, 5.41) is 10.8. The van der Waals surface area contributed by atoms with Gasteiger partial charge in [-0.25, -0.2) is 4.39 Å². The summed E-state index contributed by atoms with van der Waals surface area (Å²) >= 11 is 0. The molecular formula is C20H22FNO4.